The van der Waals surface area contributed by atoms with E-state index in [0.29, 0.717) is 5.92 Å². The second-order valence-electron chi connectivity index (χ2n) is 5.98. The Kier molecular flexibility index (Phi) is 4.85. The average molecular weight is 285 g/mol. The first kappa shape index (κ1) is 15.4. The molecule has 4 nitrogen and oxygen atoms in total. The number of carbonyl (C=O) groups is 1. The molecule has 2 rings (SSSR count). The molecule has 0 atom stereocenters. The molecule has 112 valence electrons. The fourth-order valence-electron chi connectivity index (χ4n) is 2.63. The highest BCUT2D eigenvalue weighted by atomic mass is 16.2. The van der Waals surface area contributed by atoms with Crippen molar-refractivity contribution >= 4 is 12.0 Å². The van der Waals surface area contributed by atoms with Crippen molar-refractivity contribution in [1.82, 2.24) is 9.88 Å². The summed E-state index contributed by atoms with van der Waals surface area (Å²) in [7, 11) is 0. The van der Waals surface area contributed by atoms with E-state index >= 15 is 0 Å². The Bertz CT molecular complexity index is 584. The van der Waals surface area contributed by atoms with Crippen LogP contribution in [-0.2, 0) is 4.79 Å². The smallest absolute Gasteiger partial charge is 0.264 e. The Morgan fingerprint density at radius 2 is 2.05 bits per heavy atom. The van der Waals surface area contributed by atoms with Gasteiger partial charge in [-0.25, -0.2) is 0 Å². The monoisotopic (exact) mass is 285 g/mol. The van der Waals surface area contributed by atoms with Crippen LogP contribution in [-0.4, -0.2) is 28.9 Å². The highest BCUT2D eigenvalue weighted by Gasteiger charge is 2.20. The lowest BCUT2D eigenvalue weighted by Crippen LogP contribution is -2.36. The Labute approximate surface area is 126 Å². The molecule has 1 N–H and O–H groups in total. The molecule has 1 aromatic rings. The summed E-state index contributed by atoms with van der Waals surface area (Å²) in [4.78, 5) is 17.5. The van der Waals surface area contributed by atoms with E-state index < -0.39 is 0 Å². The van der Waals surface area contributed by atoms with Crippen LogP contribution in [0.4, 0.5) is 0 Å². The zero-order valence-electron chi connectivity index (χ0n) is 13.1. The van der Waals surface area contributed by atoms with Crippen molar-refractivity contribution in [2.24, 2.45) is 0 Å². The SMILES string of the molecule is Cc1[nH]c(C(C)C)cc1/C=C(\C#N)C(=O)N1CCCCC1. The van der Waals surface area contributed by atoms with Gasteiger partial charge in [0.1, 0.15) is 11.6 Å². The largest absolute Gasteiger partial charge is 0.362 e. The number of hydrogen-bond donors (Lipinski definition) is 1. The first-order valence-corrected chi connectivity index (χ1v) is 7.63. The predicted molar refractivity (Wildman–Crippen MR) is 83.6 cm³/mol. The number of H-pyrrole nitrogens is 1. The molecule has 4 heteroatoms. The van der Waals surface area contributed by atoms with E-state index in [-0.39, 0.29) is 11.5 Å². The van der Waals surface area contributed by atoms with E-state index in [1.165, 1.54) is 6.42 Å². The number of likely N-dealkylation sites (tertiary alicyclic amines) is 1. The number of aromatic nitrogens is 1. The van der Waals surface area contributed by atoms with Gasteiger partial charge in [-0.05, 0) is 49.8 Å². The summed E-state index contributed by atoms with van der Waals surface area (Å²) in [5.74, 6) is 0.262. The minimum atomic E-state index is -0.135. The molecule has 1 aliphatic heterocycles. The van der Waals surface area contributed by atoms with Crippen LogP contribution in [0.15, 0.2) is 11.6 Å². The third-order valence-corrected chi connectivity index (χ3v) is 3.99. The van der Waals surface area contributed by atoms with Gasteiger partial charge in [0.05, 0.1) is 0 Å². The summed E-state index contributed by atoms with van der Waals surface area (Å²) in [5.41, 5.74) is 3.29. The van der Waals surface area contributed by atoms with Crippen molar-refractivity contribution in [1.29, 1.82) is 5.26 Å². The highest BCUT2D eigenvalue weighted by molar-refractivity contribution is 6.01. The van der Waals surface area contributed by atoms with Crippen molar-refractivity contribution in [2.45, 2.75) is 46.0 Å². The summed E-state index contributed by atoms with van der Waals surface area (Å²) in [6.07, 6.45) is 4.95. The van der Waals surface area contributed by atoms with Crippen LogP contribution in [0.3, 0.4) is 0 Å². The molecule has 1 aliphatic rings. The van der Waals surface area contributed by atoms with E-state index in [9.17, 15) is 10.1 Å². The van der Waals surface area contributed by atoms with Gasteiger partial charge in [-0.1, -0.05) is 13.8 Å². The first-order valence-electron chi connectivity index (χ1n) is 7.63. The Balaban J connectivity index is 2.24. The maximum atomic E-state index is 12.4. The van der Waals surface area contributed by atoms with Crippen molar-refractivity contribution < 1.29 is 4.79 Å². The van der Waals surface area contributed by atoms with E-state index in [4.69, 9.17) is 0 Å². The summed E-state index contributed by atoms with van der Waals surface area (Å²) >= 11 is 0. The van der Waals surface area contributed by atoms with Crippen LogP contribution >= 0.6 is 0 Å². The zero-order chi connectivity index (χ0) is 15.4. The van der Waals surface area contributed by atoms with Crippen LogP contribution in [0.25, 0.3) is 6.08 Å². The second-order valence-corrected chi connectivity index (χ2v) is 5.98. The number of nitriles is 1. The molecule has 0 unspecified atom stereocenters. The molecule has 1 aromatic heterocycles. The number of hydrogen-bond acceptors (Lipinski definition) is 2. The summed E-state index contributed by atoms with van der Waals surface area (Å²) < 4.78 is 0. The zero-order valence-corrected chi connectivity index (χ0v) is 13.1. The number of carbonyl (C=O) groups excluding carboxylic acids is 1. The van der Waals surface area contributed by atoms with E-state index in [1.54, 1.807) is 11.0 Å². The number of amides is 1. The summed E-state index contributed by atoms with van der Waals surface area (Å²) in [6.45, 7) is 7.73. The lowest BCUT2D eigenvalue weighted by atomic mass is 10.1. The standard InChI is InChI=1S/C17H23N3O/c1-12(2)16-10-14(13(3)19-16)9-15(11-18)17(21)20-7-5-4-6-8-20/h9-10,12,19H,4-8H2,1-3H3/b15-9+. The molecule has 1 fully saturated rings. The summed E-state index contributed by atoms with van der Waals surface area (Å²) in [5, 5.41) is 9.32. The van der Waals surface area contributed by atoms with Gasteiger partial charge in [0.2, 0.25) is 0 Å². The lowest BCUT2D eigenvalue weighted by molar-refractivity contribution is -0.127. The molecular formula is C17H23N3O. The van der Waals surface area contributed by atoms with E-state index in [1.807, 2.05) is 13.0 Å². The van der Waals surface area contributed by atoms with Crippen molar-refractivity contribution in [3.8, 4) is 6.07 Å². The van der Waals surface area contributed by atoms with E-state index in [0.717, 1.165) is 42.9 Å². The van der Waals surface area contributed by atoms with Gasteiger partial charge in [0, 0.05) is 24.5 Å². The van der Waals surface area contributed by atoms with Crippen LogP contribution in [0.2, 0.25) is 0 Å². The lowest BCUT2D eigenvalue weighted by Gasteiger charge is -2.26. The normalized spacial score (nSPS) is 16.1. The maximum absolute atomic E-state index is 12.4. The number of aryl methyl sites for hydroxylation is 1. The van der Waals surface area contributed by atoms with Crippen LogP contribution in [0, 0.1) is 18.3 Å². The number of nitrogens with zero attached hydrogens (tertiary/aromatic N) is 2. The quantitative estimate of drug-likeness (QED) is 0.683. The molecule has 2 heterocycles. The second kappa shape index (κ2) is 6.62. The third kappa shape index (κ3) is 3.55. The van der Waals surface area contributed by atoms with Crippen LogP contribution < -0.4 is 0 Å². The Morgan fingerprint density at radius 3 is 2.57 bits per heavy atom. The molecule has 0 aromatic carbocycles. The fraction of sp³-hybridized carbons (Fsp3) is 0.529. The third-order valence-electron chi connectivity index (χ3n) is 3.99. The van der Waals surface area contributed by atoms with Crippen LogP contribution in [0.1, 0.15) is 56.0 Å². The molecule has 0 radical (unpaired) electrons. The number of aromatic amines is 1. The van der Waals surface area contributed by atoms with Crippen molar-refractivity contribution in [3.05, 3.63) is 28.6 Å². The predicted octanol–water partition coefficient (Wildman–Crippen LogP) is 3.37. The maximum Gasteiger partial charge on any atom is 0.264 e. The molecule has 0 saturated carbocycles. The molecular weight excluding hydrogens is 262 g/mol. The van der Waals surface area contributed by atoms with Gasteiger partial charge in [0.15, 0.2) is 0 Å². The number of piperidine rings is 1. The van der Waals surface area contributed by atoms with Crippen molar-refractivity contribution in [3.63, 3.8) is 0 Å². The molecule has 1 saturated heterocycles. The molecule has 21 heavy (non-hydrogen) atoms. The first-order chi connectivity index (χ1) is 10.0. The number of rotatable bonds is 3. The van der Waals surface area contributed by atoms with Gasteiger partial charge in [-0.3, -0.25) is 4.79 Å². The van der Waals surface area contributed by atoms with Crippen LogP contribution in [0.5, 0.6) is 0 Å². The topological polar surface area (TPSA) is 59.9 Å². The minimum absolute atomic E-state index is 0.135. The van der Waals surface area contributed by atoms with E-state index in [2.05, 4.69) is 24.9 Å². The molecule has 1 amide bonds. The molecule has 0 spiro atoms. The fourth-order valence-corrected chi connectivity index (χ4v) is 2.63. The molecule has 0 bridgehead atoms. The van der Waals surface area contributed by atoms with Crippen molar-refractivity contribution in [2.75, 3.05) is 13.1 Å². The minimum Gasteiger partial charge on any atom is -0.362 e. The Hall–Kier alpha value is -2.02. The summed E-state index contributed by atoms with van der Waals surface area (Å²) in [6, 6.07) is 4.10. The van der Waals surface area contributed by atoms with Gasteiger partial charge in [0.25, 0.3) is 5.91 Å². The van der Waals surface area contributed by atoms with Gasteiger partial charge in [-0.2, -0.15) is 5.26 Å². The van der Waals surface area contributed by atoms with Gasteiger partial charge in [-0.15, -0.1) is 0 Å². The average Bonchev–Trinajstić information content (AvgIpc) is 2.86. The van der Waals surface area contributed by atoms with Gasteiger partial charge < -0.3 is 9.88 Å². The Morgan fingerprint density at radius 1 is 1.38 bits per heavy atom. The highest BCUT2D eigenvalue weighted by Crippen LogP contribution is 2.21. The number of nitrogens with one attached hydrogen (secondary N) is 1. The van der Waals surface area contributed by atoms with Gasteiger partial charge >= 0.3 is 0 Å². The molecule has 0 aliphatic carbocycles.